The van der Waals surface area contributed by atoms with Crippen LogP contribution < -0.4 is 4.74 Å². The van der Waals surface area contributed by atoms with Crippen LogP contribution >= 0.6 is 23.2 Å². The molecule has 6 heteroatoms. The molecule has 0 amide bonds. The lowest BCUT2D eigenvalue weighted by Crippen LogP contribution is -1.90. The Morgan fingerprint density at radius 2 is 2.22 bits per heavy atom. The van der Waals surface area contributed by atoms with Crippen molar-refractivity contribution >= 4 is 23.2 Å². The van der Waals surface area contributed by atoms with Crippen molar-refractivity contribution in [2.45, 2.75) is 12.8 Å². The Labute approximate surface area is 115 Å². The largest absolute Gasteiger partial charge is 0.496 e. The third kappa shape index (κ3) is 2.94. The molecule has 18 heavy (non-hydrogen) atoms. The predicted octanol–water partition coefficient (Wildman–Crippen LogP) is 3.57. The highest BCUT2D eigenvalue weighted by Crippen LogP contribution is 2.30. The van der Waals surface area contributed by atoms with Gasteiger partial charge < -0.3 is 9.26 Å². The van der Waals surface area contributed by atoms with Crippen LogP contribution in [0, 0.1) is 0 Å². The van der Waals surface area contributed by atoms with Crippen molar-refractivity contribution < 1.29 is 9.26 Å². The summed E-state index contributed by atoms with van der Waals surface area (Å²) >= 11 is 11.5. The topological polar surface area (TPSA) is 48.2 Å². The minimum absolute atomic E-state index is 0.494. The number of hydrogen-bond acceptors (Lipinski definition) is 4. The summed E-state index contributed by atoms with van der Waals surface area (Å²) in [6, 6.07) is 5.28. The smallest absolute Gasteiger partial charge is 0.227 e. The molecular formula is C12H12Cl2N2O2. The summed E-state index contributed by atoms with van der Waals surface area (Å²) in [7, 11) is 1.57. The minimum atomic E-state index is 0.494. The molecule has 0 atom stereocenters. The maximum atomic E-state index is 5.90. The third-order valence-electron chi connectivity index (χ3n) is 2.40. The van der Waals surface area contributed by atoms with E-state index in [4.69, 9.17) is 32.5 Å². The zero-order valence-electron chi connectivity index (χ0n) is 9.82. The molecule has 0 fully saturated rings. The molecule has 0 N–H and O–H groups in total. The van der Waals surface area contributed by atoms with Gasteiger partial charge in [-0.05, 0) is 24.6 Å². The van der Waals surface area contributed by atoms with Gasteiger partial charge in [0.15, 0.2) is 0 Å². The van der Waals surface area contributed by atoms with Crippen LogP contribution in [0.15, 0.2) is 22.7 Å². The van der Waals surface area contributed by atoms with Crippen LogP contribution in [0.1, 0.15) is 12.3 Å². The van der Waals surface area contributed by atoms with Crippen LogP contribution in [0.5, 0.6) is 5.75 Å². The van der Waals surface area contributed by atoms with E-state index in [0.717, 1.165) is 12.0 Å². The number of aryl methyl sites for hydroxylation is 1. The molecule has 0 bridgehead atoms. The second-order valence-electron chi connectivity index (χ2n) is 3.65. The molecule has 1 aromatic carbocycles. The molecule has 0 saturated heterocycles. The highest BCUT2D eigenvalue weighted by Gasteiger charge is 2.13. The van der Waals surface area contributed by atoms with Gasteiger partial charge in [0.2, 0.25) is 11.7 Å². The number of hydrogen-bond donors (Lipinski definition) is 0. The fourth-order valence-electron chi connectivity index (χ4n) is 1.53. The predicted molar refractivity (Wildman–Crippen MR) is 70.3 cm³/mol. The van der Waals surface area contributed by atoms with Gasteiger partial charge in [-0.25, -0.2) is 0 Å². The second kappa shape index (κ2) is 6.07. The van der Waals surface area contributed by atoms with Gasteiger partial charge in [0.25, 0.3) is 0 Å². The van der Waals surface area contributed by atoms with Crippen LogP contribution in [0.25, 0.3) is 11.4 Å². The monoisotopic (exact) mass is 286 g/mol. The molecule has 0 radical (unpaired) electrons. The first kappa shape index (κ1) is 13.2. The van der Waals surface area contributed by atoms with Gasteiger partial charge in [-0.2, -0.15) is 4.98 Å². The van der Waals surface area contributed by atoms with Gasteiger partial charge in [0.1, 0.15) is 5.75 Å². The molecule has 0 spiro atoms. The first-order valence-electron chi connectivity index (χ1n) is 5.47. The van der Waals surface area contributed by atoms with Crippen LogP contribution in [0.2, 0.25) is 5.02 Å². The second-order valence-corrected chi connectivity index (χ2v) is 4.46. The van der Waals surface area contributed by atoms with Crippen molar-refractivity contribution in [1.29, 1.82) is 0 Å². The average Bonchev–Trinajstić information content (AvgIpc) is 2.84. The SMILES string of the molecule is COc1cc(Cl)ccc1-c1noc(CCCCl)n1. The summed E-state index contributed by atoms with van der Waals surface area (Å²) in [5.41, 5.74) is 0.753. The quantitative estimate of drug-likeness (QED) is 0.789. The Morgan fingerprint density at radius 1 is 1.39 bits per heavy atom. The molecule has 0 aliphatic rings. The zero-order chi connectivity index (χ0) is 13.0. The number of alkyl halides is 1. The first-order valence-corrected chi connectivity index (χ1v) is 6.38. The number of rotatable bonds is 5. The lowest BCUT2D eigenvalue weighted by molar-refractivity contribution is 0.377. The van der Waals surface area contributed by atoms with Crippen molar-refractivity contribution in [3.63, 3.8) is 0 Å². The van der Waals surface area contributed by atoms with Crippen molar-refractivity contribution in [1.82, 2.24) is 10.1 Å². The molecule has 96 valence electrons. The number of halogens is 2. The van der Waals surface area contributed by atoms with E-state index in [-0.39, 0.29) is 0 Å². The van der Waals surface area contributed by atoms with Gasteiger partial charge in [-0.3, -0.25) is 0 Å². The number of ether oxygens (including phenoxy) is 1. The highest BCUT2D eigenvalue weighted by molar-refractivity contribution is 6.30. The fraction of sp³-hybridized carbons (Fsp3) is 0.333. The molecule has 2 aromatic rings. The lowest BCUT2D eigenvalue weighted by atomic mass is 10.2. The van der Waals surface area contributed by atoms with E-state index in [1.807, 2.05) is 0 Å². The number of methoxy groups -OCH3 is 1. The van der Waals surface area contributed by atoms with Crippen molar-refractivity contribution in [3.8, 4) is 17.1 Å². The van der Waals surface area contributed by atoms with Gasteiger partial charge in [0, 0.05) is 17.3 Å². The normalized spacial score (nSPS) is 10.6. The minimum Gasteiger partial charge on any atom is -0.496 e. The van der Waals surface area contributed by atoms with E-state index in [0.29, 0.717) is 34.8 Å². The van der Waals surface area contributed by atoms with E-state index in [1.165, 1.54) is 0 Å². The number of aromatic nitrogens is 2. The molecule has 0 aliphatic carbocycles. The molecule has 0 aliphatic heterocycles. The zero-order valence-corrected chi connectivity index (χ0v) is 11.3. The molecular weight excluding hydrogens is 275 g/mol. The van der Waals surface area contributed by atoms with Crippen LogP contribution in [0.3, 0.4) is 0 Å². The van der Waals surface area contributed by atoms with Gasteiger partial charge in [-0.1, -0.05) is 16.8 Å². The standard InChI is InChI=1S/C12H12Cl2N2O2/c1-17-10-7-8(14)4-5-9(10)12-15-11(18-16-12)3-2-6-13/h4-5,7H,2-3,6H2,1H3. The highest BCUT2D eigenvalue weighted by atomic mass is 35.5. The summed E-state index contributed by atoms with van der Waals surface area (Å²) in [5, 5.41) is 4.52. The summed E-state index contributed by atoms with van der Waals surface area (Å²) in [5.74, 6) is 2.25. The third-order valence-corrected chi connectivity index (χ3v) is 2.90. The van der Waals surface area contributed by atoms with Crippen molar-refractivity contribution in [2.24, 2.45) is 0 Å². The van der Waals surface area contributed by atoms with Gasteiger partial charge >= 0.3 is 0 Å². The average molecular weight is 287 g/mol. The first-order chi connectivity index (χ1) is 8.74. The summed E-state index contributed by atoms with van der Waals surface area (Å²) in [6.45, 7) is 0. The van der Waals surface area contributed by atoms with Crippen LogP contribution in [0.4, 0.5) is 0 Å². The summed E-state index contributed by atoms with van der Waals surface area (Å²) < 4.78 is 10.4. The molecule has 0 unspecified atom stereocenters. The number of benzene rings is 1. The van der Waals surface area contributed by atoms with Gasteiger partial charge in [-0.15, -0.1) is 11.6 Å². The Bertz CT molecular complexity index is 529. The van der Waals surface area contributed by atoms with Gasteiger partial charge in [0.05, 0.1) is 12.7 Å². The summed E-state index contributed by atoms with van der Waals surface area (Å²) in [6.07, 6.45) is 1.48. The van der Waals surface area contributed by atoms with Crippen LogP contribution in [-0.2, 0) is 6.42 Å². The van der Waals surface area contributed by atoms with E-state index in [9.17, 15) is 0 Å². The Morgan fingerprint density at radius 3 is 2.94 bits per heavy atom. The molecule has 2 rings (SSSR count). The van der Waals surface area contributed by atoms with E-state index >= 15 is 0 Å². The molecule has 0 saturated carbocycles. The van der Waals surface area contributed by atoms with Crippen LogP contribution in [-0.4, -0.2) is 23.1 Å². The van der Waals surface area contributed by atoms with E-state index in [1.54, 1.807) is 25.3 Å². The number of nitrogens with zero attached hydrogens (tertiary/aromatic N) is 2. The molecule has 1 heterocycles. The Hall–Kier alpha value is -1.26. The fourth-order valence-corrected chi connectivity index (χ4v) is 1.83. The molecule has 1 aromatic heterocycles. The summed E-state index contributed by atoms with van der Waals surface area (Å²) in [4.78, 5) is 4.30. The van der Waals surface area contributed by atoms with E-state index < -0.39 is 0 Å². The molecule has 4 nitrogen and oxygen atoms in total. The maximum absolute atomic E-state index is 5.90. The Balaban J connectivity index is 2.28. The van der Waals surface area contributed by atoms with Crippen molar-refractivity contribution in [2.75, 3.05) is 13.0 Å². The lowest BCUT2D eigenvalue weighted by Gasteiger charge is -2.04. The Kier molecular flexibility index (Phi) is 4.44. The maximum Gasteiger partial charge on any atom is 0.227 e. The van der Waals surface area contributed by atoms with E-state index in [2.05, 4.69) is 10.1 Å². The van der Waals surface area contributed by atoms with Crippen molar-refractivity contribution in [3.05, 3.63) is 29.1 Å².